The van der Waals surface area contributed by atoms with Crippen LogP contribution in [0.3, 0.4) is 0 Å². The minimum atomic E-state index is 0.408. The minimum Gasteiger partial charge on any atom is -0.369 e. The van der Waals surface area contributed by atoms with E-state index in [4.69, 9.17) is 9.97 Å². The molecule has 1 fully saturated rings. The van der Waals surface area contributed by atoms with Gasteiger partial charge in [0.15, 0.2) is 5.82 Å². The number of nitrogens with one attached hydrogen (secondary N) is 5. The molecule has 7 nitrogen and oxygen atoms in total. The SMILES string of the molecule is c1ccc(-c2nc3c(c(NCCSC4CNNN4)n2)CCNC3)cc1. The Morgan fingerprint density at radius 2 is 2.12 bits per heavy atom. The monoisotopic (exact) mass is 357 g/mol. The van der Waals surface area contributed by atoms with Crippen LogP contribution < -0.4 is 27.0 Å². The minimum absolute atomic E-state index is 0.408. The molecule has 5 N–H and O–H groups in total. The molecule has 1 aromatic heterocycles. The van der Waals surface area contributed by atoms with E-state index < -0.39 is 0 Å². The molecule has 1 aromatic carbocycles. The van der Waals surface area contributed by atoms with Crippen LogP contribution in [0.5, 0.6) is 0 Å². The zero-order valence-electron chi connectivity index (χ0n) is 14.0. The lowest BCUT2D eigenvalue weighted by Gasteiger charge is -2.21. The van der Waals surface area contributed by atoms with Gasteiger partial charge in [-0.05, 0) is 13.0 Å². The first kappa shape index (κ1) is 16.7. The lowest BCUT2D eigenvalue weighted by atomic mass is 10.1. The Labute approximate surface area is 151 Å². The van der Waals surface area contributed by atoms with Crippen LogP contribution in [0, 0.1) is 0 Å². The third-order valence-corrected chi connectivity index (χ3v) is 5.42. The summed E-state index contributed by atoms with van der Waals surface area (Å²) in [4.78, 5) is 9.62. The maximum atomic E-state index is 4.83. The summed E-state index contributed by atoms with van der Waals surface area (Å²) in [7, 11) is 0. The van der Waals surface area contributed by atoms with E-state index in [0.717, 1.165) is 61.3 Å². The number of hydrogen-bond acceptors (Lipinski definition) is 8. The van der Waals surface area contributed by atoms with Gasteiger partial charge in [0.05, 0.1) is 11.1 Å². The normalized spacial score (nSPS) is 19.6. The predicted molar refractivity (Wildman–Crippen MR) is 102 cm³/mol. The number of thioether (sulfide) groups is 1. The van der Waals surface area contributed by atoms with Gasteiger partial charge in [0, 0.05) is 36.5 Å². The van der Waals surface area contributed by atoms with Crippen molar-refractivity contribution >= 4 is 17.6 Å². The number of hydrogen-bond donors (Lipinski definition) is 5. The van der Waals surface area contributed by atoms with Crippen molar-refractivity contribution in [3.63, 3.8) is 0 Å². The van der Waals surface area contributed by atoms with E-state index in [-0.39, 0.29) is 0 Å². The molecule has 8 heteroatoms. The Kier molecular flexibility index (Phi) is 5.43. The third kappa shape index (κ3) is 4.10. The van der Waals surface area contributed by atoms with Crippen molar-refractivity contribution in [1.29, 1.82) is 0 Å². The Bertz CT molecular complexity index is 704. The molecule has 0 bridgehead atoms. The summed E-state index contributed by atoms with van der Waals surface area (Å²) in [6.45, 7) is 3.60. The highest BCUT2D eigenvalue weighted by atomic mass is 32.2. The quantitative estimate of drug-likeness (QED) is 0.487. The van der Waals surface area contributed by atoms with Crippen molar-refractivity contribution in [3.05, 3.63) is 41.6 Å². The molecule has 0 radical (unpaired) electrons. The molecule has 25 heavy (non-hydrogen) atoms. The first-order chi connectivity index (χ1) is 12.4. The zero-order chi connectivity index (χ0) is 16.9. The number of anilines is 1. The molecular weight excluding hydrogens is 334 g/mol. The van der Waals surface area contributed by atoms with Gasteiger partial charge in [-0.25, -0.2) is 20.8 Å². The topological polar surface area (TPSA) is 85.9 Å². The summed E-state index contributed by atoms with van der Waals surface area (Å²) >= 11 is 1.89. The molecule has 1 unspecified atom stereocenters. The summed E-state index contributed by atoms with van der Waals surface area (Å²) in [5.41, 5.74) is 12.6. The van der Waals surface area contributed by atoms with Crippen LogP contribution in [0.4, 0.5) is 5.82 Å². The first-order valence-corrected chi connectivity index (χ1v) is 9.70. The van der Waals surface area contributed by atoms with Gasteiger partial charge in [-0.2, -0.15) is 5.53 Å². The highest BCUT2D eigenvalue weighted by molar-refractivity contribution is 7.99. The molecule has 1 saturated heterocycles. The number of aromatic nitrogens is 2. The summed E-state index contributed by atoms with van der Waals surface area (Å²) in [5, 5.41) is 7.35. The number of benzene rings is 1. The van der Waals surface area contributed by atoms with Crippen LogP contribution in [0.15, 0.2) is 30.3 Å². The number of hydrazine groups is 2. The van der Waals surface area contributed by atoms with Crippen LogP contribution in [0.2, 0.25) is 0 Å². The summed E-state index contributed by atoms with van der Waals surface area (Å²) < 4.78 is 0. The van der Waals surface area contributed by atoms with Gasteiger partial charge in [0.2, 0.25) is 0 Å². The zero-order valence-corrected chi connectivity index (χ0v) is 14.8. The maximum Gasteiger partial charge on any atom is 0.161 e. The molecule has 0 aliphatic carbocycles. The van der Waals surface area contributed by atoms with Crippen molar-refractivity contribution in [1.82, 2.24) is 31.7 Å². The number of fused-ring (bicyclic) bond motifs is 1. The molecular formula is C17H23N7S. The average Bonchev–Trinajstić information content (AvgIpc) is 3.19. The molecule has 132 valence electrons. The summed E-state index contributed by atoms with van der Waals surface area (Å²) in [5.74, 6) is 2.80. The Balaban J connectivity index is 1.49. The van der Waals surface area contributed by atoms with Crippen molar-refractivity contribution in [2.75, 3.05) is 30.7 Å². The van der Waals surface area contributed by atoms with Gasteiger partial charge in [-0.15, -0.1) is 11.8 Å². The van der Waals surface area contributed by atoms with Crippen molar-refractivity contribution < 1.29 is 0 Å². The van der Waals surface area contributed by atoms with Crippen molar-refractivity contribution in [3.8, 4) is 11.4 Å². The van der Waals surface area contributed by atoms with Gasteiger partial charge in [-0.3, -0.25) is 0 Å². The number of rotatable bonds is 6. The van der Waals surface area contributed by atoms with Gasteiger partial charge in [0.1, 0.15) is 5.82 Å². The third-order valence-electron chi connectivity index (χ3n) is 4.29. The second-order valence-electron chi connectivity index (χ2n) is 6.05. The van der Waals surface area contributed by atoms with Crippen LogP contribution in [-0.4, -0.2) is 40.7 Å². The Hall–Kier alpha value is -1.71. The molecule has 2 aliphatic rings. The summed E-state index contributed by atoms with van der Waals surface area (Å²) in [6.07, 6.45) is 0.970. The van der Waals surface area contributed by atoms with E-state index in [0.29, 0.717) is 5.37 Å². The largest absolute Gasteiger partial charge is 0.369 e. The van der Waals surface area contributed by atoms with Crippen molar-refractivity contribution in [2.45, 2.75) is 18.3 Å². The van der Waals surface area contributed by atoms with E-state index >= 15 is 0 Å². The van der Waals surface area contributed by atoms with E-state index in [2.05, 4.69) is 39.2 Å². The summed E-state index contributed by atoms with van der Waals surface area (Å²) in [6, 6.07) is 10.2. The fourth-order valence-corrected chi connectivity index (χ4v) is 3.87. The van der Waals surface area contributed by atoms with Gasteiger partial charge < -0.3 is 10.6 Å². The van der Waals surface area contributed by atoms with E-state index in [1.165, 1.54) is 5.56 Å². The number of nitrogens with zero attached hydrogens (tertiary/aromatic N) is 2. The lowest BCUT2D eigenvalue weighted by molar-refractivity contribution is 0.587. The average molecular weight is 357 g/mol. The van der Waals surface area contributed by atoms with Gasteiger partial charge >= 0.3 is 0 Å². The standard InChI is InChI=1S/C17H23N7S/c1-2-4-12(5-3-1)16-21-14-10-18-7-6-13(14)17(22-16)19-8-9-25-15-11-20-24-23-15/h1-5,15,18,20,23-24H,6-11H2,(H,19,21,22). The molecule has 2 aromatic rings. The Morgan fingerprint density at radius 3 is 2.96 bits per heavy atom. The van der Waals surface area contributed by atoms with E-state index in [1.54, 1.807) is 0 Å². The maximum absolute atomic E-state index is 4.83. The molecule has 2 aliphatic heterocycles. The second kappa shape index (κ2) is 8.11. The predicted octanol–water partition coefficient (Wildman–Crippen LogP) is 0.873. The highest BCUT2D eigenvalue weighted by Crippen LogP contribution is 2.25. The molecule has 4 rings (SSSR count). The van der Waals surface area contributed by atoms with E-state index in [9.17, 15) is 0 Å². The van der Waals surface area contributed by atoms with Crippen LogP contribution in [0.1, 0.15) is 11.3 Å². The fourth-order valence-electron chi connectivity index (χ4n) is 3.02. The Morgan fingerprint density at radius 1 is 1.20 bits per heavy atom. The molecule has 0 amide bonds. The van der Waals surface area contributed by atoms with E-state index in [1.807, 2.05) is 30.0 Å². The molecule has 3 heterocycles. The van der Waals surface area contributed by atoms with Gasteiger partial charge in [-0.1, -0.05) is 30.3 Å². The fraction of sp³-hybridized carbons (Fsp3) is 0.412. The highest BCUT2D eigenvalue weighted by Gasteiger charge is 2.18. The lowest BCUT2D eigenvalue weighted by Crippen LogP contribution is -2.32. The molecule has 0 spiro atoms. The van der Waals surface area contributed by atoms with Crippen LogP contribution in [0.25, 0.3) is 11.4 Å². The van der Waals surface area contributed by atoms with Crippen LogP contribution in [-0.2, 0) is 13.0 Å². The van der Waals surface area contributed by atoms with Crippen LogP contribution >= 0.6 is 11.8 Å². The first-order valence-electron chi connectivity index (χ1n) is 8.65. The van der Waals surface area contributed by atoms with Crippen molar-refractivity contribution in [2.24, 2.45) is 0 Å². The smallest absolute Gasteiger partial charge is 0.161 e. The second-order valence-corrected chi connectivity index (χ2v) is 7.36. The molecule has 0 saturated carbocycles. The molecule has 1 atom stereocenters. The van der Waals surface area contributed by atoms with Gasteiger partial charge in [0.25, 0.3) is 0 Å².